The first-order chi connectivity index (χ1) is 13.5. The van der Waals surface area contributed by atoms with Gasteiger partial charge in [-0.15, -0.1) is 11.3 Å². The van der Waals surface area contributed by atoms with Gasteiger partial charge < -0.3 is 10.1 Å². The molecule has 0 spiro atoms. The number of thiophene rings is 1. The molecule has 5 nitrogen and oxygen atoms in total. The number of carbonyl (C=O) groups is 3. The van der Waals surface area contributed by atoms with Crippen LogP contribution in [0.3, 0.4) is 0 Å². The highest BCUT2D eigenvalue weighted by Crippen LogP contribution is 2.33. The van der Waals surface area contributed by atoms with Gasteiger partial charge in [0.05, 0.1) is 0 Å². The summed E-state index contributed by atoms with van der Waals surface area (Å²) in [5, 5.41) is 2.70. The Labute approximate surface area is 169 Å². The second kappa shape index (κ2) is 9.15. The second-order valence-corrected chi connectivity index (χ2v) is 8.32. The van der Waals surface area contributed by atoms with Crippen LogP contribution in [0.2, 0.25) is 0 Å². The Kier molecular flexibility index (Phi) is 6.62. The quantitative estimate of drug-likeness (QED) is 0.565. The van der Waals surface area contributed by atoms with Gasteiger partial charge in [-0.2, -0.15) is 0 Å². The number of amides is 1. The van der Waals surface area contributed by atoms with Crippen LogP contribution in [0.5, 0.6) is 0 Å². The Morgan fingerprint density at radius 2 is 1.96 bits per heavy atom. The highest BCUT2D eigenvalue weighted by atomic mass is 32.1. The molecule has 0 saturated heterocycles. The number of hydrogen-bond acceptors (Lipinski definition) is 5. The Bertz CT molecular complexity index is 869. The lowest BCUT2D eigenvalue weighted by molar-refractivity contribution is -0.119. The van der Waals surface area contributed by atoms with Crippen LogP contribution in [0.1, 0.15) is 62.7 Å². The van der Waals surface area contributed by atoms with Gasteiger partial charge in [0.15, 0.2) is 12.4 Å². The average Bonchev–Trinajstić information content (AvgIpc) is 3.13. The van der Waals surface area contributed by atoms with E-state index in [9.17, 15) is 14.4 Å². The molecule has 3 rings (SSSR count). The van der Waals surface area contributed by atoms with E-state index in [1.54, 1.807) is 24.3 Å². The molecule has 0 bridgehead atoms. The summed E-state index contributed by atoms with van der Waals surface area (Å²) >= 11 is 1.49. The number of ketones is 1. The predicted octanol–water partition coefficient (Wildman–Crippen LogP) is 3.94. The van der Waals surface area contributed by atoms with E-state index in [0.29, 0.717) is 22.9 Å². The van der Waals surface area contributed by atoms with Crippen LogP contribution in [0, 0.1) is 5.92 Å². The number of ether oxygens (including phenoxy) is 1. The smallest absolute Gasteiger partial charge is 0.348 e. The molecule has 0 unspecified atom stereocenters. The minimum atomic E-state index is -0.428. The van der Waals surface area contributed by atoms with E-state index in [1.165, 1.54) is 35.1 Å². The van der Waals surface area contributed by atoms with E-state index >= 15 is 0 Å². The molecule has 0 aliphatic heterocycles. The maximum atomic E-state index is 12.3. The monoisotopic (exact) mass is 399 g/mol. The Morgan fingerprint density at radius 3 is 2.64 bits per heavy atom. The second-order valence-electron chi connectivity index (χ2n) is 7.18. The fourth-order valence-electron chi connectivity index (χ4n) is 3.37. The molecule has 28 heavy (non-hydrogen) atoms. The molecule has 0 radical (unpaired) electrons. The molecule has 148 valence electrons. The predicted molar refractivity (Wildman–Crippen MR) is 109 cm³/mol. The van der Waals surface area contributed by atoms with Crippen molar-refractivity contribution in [2.24, 2.45) is 5.92 Å². The zero-order valence-corrected chi connectivity index (χ0v) is 17.1. The molecular formula is C22H25NO4S. The Morgan fingerprint density at radius 1 is 1.21 bits per heavy atom. The number of esters is 1. The topological polar surface area (TPSA) is 72.5 Å². The third-order valence-corrected chi connectivity index (χ3v) is 6.33. The first-order valence-electron chi connectivity index (χ1n) is 9.61. The number of fused-ring (bicyclic) bond motifs is 1. The van der Waals surface area contributed by atoms with Crippen LogP contribution >= 0.6 is 11.3 Å². The standard InChI is InChI=1S/C22H25NO4S/c1-3-15-6-9-20-18(10-15)11-21(28-20)22(26)27-13-19(25)17-7-4-16(5-8-17)12-23-14(2)24/h4-5,7-8,11,15H,3,6,9-10,12-13H2,1-2H3,(H,23,24)/t15-/m0/s1. The van der Waals surface area contributed by atoms with Crippen molar-refractivity contribution in [3.8, 4) is 0 Å². The average molecular weight is 400 g/mol. The highest BCUT2D eigenvalue weighted by molar-refractivity contribution is 7.14. The minimum Gasteiger partial charge on any atom is -0.453 e. The largest absolute Gasteiger partial charge is 0.453 e. The van der Waals surface area contributed by atoms with E-state index in [2.05, 4.69) is 12.2 Å². The SMILES string of the molecule is CC[C@H]1CCc2sc(C(=O)OCC(=O)c3ccc(CNC(C)=O)cc3)cc2C1. The van der Waals surface area contributed by atoms with Gasteiger partial charge in [-0.05, 0) is 42.4 Å². The van der Waals surface area contributed by atoms with E-state index < -0.39 is 5.97 Å². The van der Waals surface area contributed by atoms with E-state index in [-0.39, 0.29) is 18.3 Å². The molecule has 1 aliphatic rings. The molecule has 1 atom stereocenters. The van der Waals surface area contributed by atoms with Crippen LogP contribution in [0.25, 0.3) is 0 Å². The molecule has 2 aromatic rings. The zero-order chi connectivity index (χ0) is 20.1. The molecule has 1 N–H and O–H groups in total. The fraction of sp³-hybridized carbons (Fsp3) is 0.409. The molecule has 1 aliphatic carbocycles. The number of hydrogen-bond donors (Lipinski definition) is 1. The third-order valence-electron chi connectivity index (χ3n) is 5.12. The molecule has 0 fully saturated rings. The number of nitrogens with one attached hydrogen (secondary N) is 1. The van der Waals surface area contributed by atoms with Gasteiger partial charge >= 0.3 is 5.97 Å². The van der Waals surface area contributed by atoms with Crippen molar-refractivity contribution in [3.05, 3.63) is 56.8 Å². The zero-order valence-electron chi connectivity index (χ0n) is 16.2. The van der Waals surface area contributed by atoms with Crippen LogP contribution in [0.15, 0.2) is 30.3 Å². The number of aryl methyl sites for hydroxylation is 1. The van der Waals surface area contributed by atoms with Crippen LogP contribution < -0.4 is 5.32 Å². The molecule has 1 amide bonds. The van der Waals surface area contributed by atoms with Gasteiger partial charge in [0, 0.05) is 23.9 Å². The van der Waals surface area contributed by atoms with Crippen molar-refractivity contribution in [3.63, 3.8) is 0 Å². The van der Waals surface area contributed by atoms with Gasteiger partial charge in [0.1, 0.15) is 4.88 Å². The summed E-state index contributed by atoms with van der Waals surface area (Å²) < 4.78 is 5.25. The summed E-state index contributed by atoms with van der Waals surface area (Å²) in [7, 11) is 0. The molecule has 1 aromatic heterocycles. The number of carbonyl (C=O) groups excluding carboxylic acids is 3. The fourth-order valence-corrected chi connectivity index (χ4v) is 4.47. The van der Waals surface area contributed by atoms with Gasteiger partial charge in [0.25, 0.3) is 0 Å². The third kappa shape index (κ3) is 5.07. The van der Waals surface area contributed by atoms with Crippen molar-refractivity contribution in [1.82, 2.24) is 5.32 Å². The summed E-state index contributed by atoms with van der Waals surface area (Å²) in [5.41, 5.74) is 2.64. The van der Waals surface area contributed by atoms with Crippen molar-refractivity contribution < 1.29 is 19.1 Å². The van der Waals surface area contributed by atoms with E-state index in [4.69, 9.17) is 4.74 Å². The van der Waals surface area contributed by atoms with Crippen molar-refractivity contribution in [1.29, 1.82) is 0 Å². The Balaban J connectivity index is 1.54. The summed E-state index contributed by atoms with van der Waals surface area (Å²) in [6.07, 6.45) is 4.39. The lowest BCUT2D eigenvalue weighted by Crippen LogP contribution is -2.19. The summed E-state index contributed by atoms with van der Waals surface area (Å²) in [6, 6.07) is 8.86. The molecule has 6 heteroatoms. The highest BCUT2D eigenvalue weighted by Gasteiger charge is 2.23. The molecule has 1 heterocycles. The van der Waals surface area contributed by atoms with Gasteiger partial charge in [-0.1, -0.05) is 37.6 Å². The maximum Gasteiger partial charge on any atom is 0.348 e. The summed E-state index contributed by atoms with van der Waals surface area (Å²) in [6.45, 7) is 3.80. The number of Topliss-reactive ketones (excluding diaryl/α,β-unsaturated/α-hetero) is 1. The van der Waals surface area contributed by atoms with Crippen molar-refractivity contribution in [2.75, 3.05) is 6.61 Å². The van der Waals surface area contributed by atoms with Gasteiger partial charge in [-0.25, -0.2) is 4.79 Å². The number of benzene rings is 1. The molecule has 1 aromatic carbocycles. The summed E-state index contributed by atoms with van der Waals surface area (Å²) in [5.74, 6) is -0.0800. The normalized spacial score (nSPS) is 15.6. The van der Waals surface area contributed by atoms with Crippen LogP contribution in [-0.2, 0) is 28.9 Å². The van der Waals surface area contributed by atoms with Gasteiger partial charge in [-0.3, -0.25) is 9.59 Å². The minimum absolute atomic E-state index is 0.104. The van der Waals surface area contributed by atoms with Crippen LogP contribution in [-0.4, -0.2) is 24.3 Å². The Hall–Kier alpha value is -2.47. The van der Waals surface area contributed by atoms with E-state index in [1.807, 2.05) is 6.07 Å². The first kappa shape index (κ1) is 20.3. The van der Waals surface area contributed by atoms with Crippen molar-refractivity contribution >= 4 is 29.0 Å². The lowest BCUT2D eigenvalue weighted by Gasteiger charge is -2.19. The summed E-state index contributed by atoms with van der Waals surface area (Å²) in [4.78, 5) is 37.4. The van der Waals surface area contributed by atoms with E-state index in [0.717, 1.165) is 24.8 Å². The van der Waals surface area contributed by atoms with Gasteiger partial charge in [0.2, 0.25) is 5.91 Å². The molecular weight excluding hydrogens is 374 g/mol. The maximum absolute atomic E-state index is 12.3. The molecule has 0 saturated carbocycles. The van der Waals surface area contributed by atoms with Crippen molar-refractivity contribution in [2.45, 2.75) is 46.1 Å². The number of rotatable bonds is 7. The lowest BCUT2D eigenvalue weighted by atomic mass is 9.87. The van der Waals surface area contributed by atoms with Crippen LogP contribution in [0.4, 0.5) is 0 Å². The first-order valence-corrected chi connectivity index (χ1v) is 10.4.